The van der Waals surface area contributed by atoms with Crippen molar-refractivity contribution in [1.29, 1.82) is 0 Å². The first-order chi connectivity index (χ1) is 8.24. The molecule has 3 heteroatoms. The van der Waals surface area contributed by atoms with E-state index in [0.717, 1.165) is 17.3 Å². The van der Waals surface area contributed by atoms with Crippen LogP contribution in [-0.4, -0.2) is 17.6 Å². The molecule has 0 unspecified atom stereocenters. The fourth-order valence-corrected chi connectivity index (χ4v) is 1.79. The van der Waals surface area contributed by atoms with Crippen molar-refractivity contribution in [2.45, 2.75) is 13.3 Å². The molecule has 88 valence electrons. The van der Waals surface area contributed by atoms with Gasteiger partial charge >= 0.3 is 5.97 Å². The fourth-order valence-electron chi connectivity index (χ4n) is 1.79. The van der Waals surface area contributed by atoms with Gasteiger partial charge in [-0.2, -0.15) is 0 Å². The Hall–Kier alpha value is -2.03. The summed E-state index contributed by atoms with van der Waals surface area (Å²) in [6, 6.07) is 7.86. The molecule has 2 aromatic rings. The Bertz CT molecular complexity index is 554. The lowest BCUT2D eigenvalue weighted by Crippen LogP contribution is -2.04. The fraction of sp³-hybridized carbons (Fsp3) is 0.214. The van der Waals surface area contributed by atoms with Gasteiger partial charge in [-0.25, -0.2) is 4.79 Å². The second kappa shape index (κ2) is 4.87. The number of esters is 1. The van der Waals surface area contributed by atoms with Crippen molar-refractivity contribution in [2.75, 3.05) is 6.61 Å². The molecule has 1 aromatic carbocycles. The number of fused-ring (bicyclic) bond motifs is 1. The molecule has 0 bridgehead atoms. The number of hydrogen-bond acceptors (Lipinski definition) is 2. The Morgan fingerprint density at radius 2 is 2.29 bits per heavy atom. The van der Waals surface area contributed by atoms with Crippen LogP contribution in [0.15, 0.2) is 36.9 Å². The Kier molecular flexibility index (Phi) is 3.28. The van der Waals surface area contributed by atoms with E-state index < -0.39 is 0 Å². The van der Waals surface area contributed by atoms with E-state index in [4.69, 9.17) is 4.74 Å². The summed E-state index contributed by atoms with van der Waals surface area (Å²) in [5.41, 5.74) is 2.63. The molecule has 1 heterocycles. The van der Waals surface area contributed by atoms with Crippen LogP contribution in [0.5, 0.6) is 0 Å². The molecule has 2 rings (SSSR count). The van der Waals surface area contributed by atoms with Gasteiger partial charge < -0.3 is 9.72 Å². The van der Waals surface area contributed by atoms with Gasteiger partial charge in [0.2, 0.25) is 0 Å². The lowest BCUT2D eigenvalue weighted by molar-refractivity contribution is 0.0520. The van der Waals surface area contributed by atoms with Gasteiger partial charge in [0, 0.05) is 10.9 Å². The van der Waals surface area contributed by atoms with Crippen LogP contribution in [0.25, 0.3) is 10.9 Å². The number of aromatic amines is 1. The SMILES string of the molecule is C=CCc1ccc2[nH]c(C(=O)OCC)cc2c1. The predicted molar refractivity (Wildman–Crippen MR) is 68.2 cm³/mol. The molecule has 0 amide bonds. The molecule has 1 N–H and O–H groups in total. The summed E-state index contributed by atoms with van der Waals surface area (Å²) in [5, 5.41) is 1.02. The Morgan fingerprint density at radius 1 is 1.47 bits per heavy atom. The first-order valence-corrected chi connectivity index (χ1v) is 5.64. The minimum absolute atomic E-state index is 0.311. The van der Waals surface area contributed by atoms with Crippen molar-refractivity contribution < 1.29 is 9.53 Å². The predicted octanol–water partition coefficient (Wildman–Crippen LogP) is 3.07. The first-order valence-electron chi connectivity index (χ1n) is 5.64. The maximum Gasteiger partial charge on any atom is 0.354 e. The molecule has 0 aliphatic heterocycles. The summed E-state index contributed by atoms with van der Waals surface area (Å²) in [4.78, 5) is 14.6. The minimum atomic E-state index is -0.311. The third kappa shape index (κ3) is 2.38. The first kappa shape index (κ1) is 11.5. The van der Waals surface area contributed by atoms with Crippen LogP contribution < -0.4 is 0 Å². The molecular formula is C14H15NO2. The van der Waals surface area contributed by atoms with Crippen molar-refractivity contribution in [3.63, 3.8) is 0 Å². The summed E-state index contributed by atoms with van der Waals surface area (Å²) in [6.07, 6.45) is 2.69. The summed E-state index contributed by atoms with van der Waals surface area (Å²) in [6.45, 7) is 5.89. The number of hydrogen-bond donors (Lipinski definition) is 1. The number of allylic oxidation sites excluding steroid dienone is 1. The number of carbonyl (C=O) groups is 1. The van der Waals surface area contributed by atoms with E-state index in [9.17, 15) is 4.79 Å². The summed E-state index contributed by atoms with van der Waals surface area (Å²) >= 11 is 0. The monoisotopic (exact) mass is 229 g/mol. The quantitative estimate of drug-likeness (QED) is 0.646. The Balaban J connectivity index is 2.36. The zero-order valence-electron chi connectivity index (χ0n) is 9.82. The van der Waals surface area contributed by atoms with Gasteiger partial charge in [0.05, 0.1) is 6.61 Å². The van der Waals surface area contributed by atoms with Crippen LogP contribution >= 0.6 is 0 Å². The number of rotatable bonds is 4. The highest BCUT2D eigenvalue weighted by Crippen LogP contribution is 2.18. The summed E-state index contributed by atoms with van der Waals surface area (Å²) < 4.78 is 4.95. The molecule has 0 saturated heterocycles. The topological polar surface area (TPSA) is 42.1 Å². The number of carbonyl (C=O) groups excluding carboxylic acids is 1. The second-order valence-electron chi connectivity index (χ2n) is 3.82. The largest absolute Gasteiger partial charge is 0.461 e. The third-order valence-corrected chi connectivity index (χ3v) is 2.56. The van der Waals surface area contributed by atoms with Gasteiger partial charge in [0.1, 0.15) is 5.69 Å². The Morgan fingerprint density at radius 3 is 3.00 bits per heavy atom. The maximum absolute atomic E-state index is 11.6. The zero-order chi connectivity index (χ0) is 12.3. The smallest absolute Gasteiger partial charge is 0.354 e. The van der Waals surface area contributed by atoms with Crippen LogP contribution in [0.1, 0.15) is 23.0 Å². The standard InChI is InChI=1S/C14H15NO2/c1-3-5-10-6-7-12-11(8-10)9-13(15-12)14(16)17-4-2/h3,6-9,15H,1,4-5H2,2H3. The zero-order valence-corrected chi connectivity index (χ0v) is 9.82. The van der Waals surface area contributed by atoms with Crippen LogP contribution in [0.2, 0.25) is 0 Å². The molecule has 0 spiro atoms. The Labute approximate surface area is 100 Å². The van der Waals surface area contributed by atoms with E-state index >= 15 is 0 Å². The molecule has 0 aliphatic carbocycles. The number of H-pyrrole nitrogens is 1. The van der Waals surface area contributed by atoms with E-state index in [1.165, 1.54) is 5.56 Å². The number of aromatic nitrogens is 1. The van der Waals surface area contributed by atoms with Crippen LogP contribution in [-0.2, 0) is 11.2 Å². The van der Waals surface area contributed by atoms with E-state index in [0.29, 0.717) is 12.3 Å². The van der Waals surface area contributed by atoms with Gasteiger partial charge in [-0.3, -0.25) is 0 Å². The number of ether oxygens (including phenoxy) is 1. The normalized spacial score (nSPS) is 10.4. The van der Waals surface area contributed by atoms with Crippen LogP contribution in [0.3, 0.4) is 0 Å². The van der Waals surface area contributed by atoms with Gasteiger partial charge in [-0.05, 0) is 37.1 Å². The molecule has 0 aliphatic rings. The molecule has 0 saturated carbocycles. The van der Waals surface area contributed by atoms with Crippen molar-refractivity contribution in [1.82, 2.24) is 4.98 Å². The summed E-state index contributed by atoms with van der Waals surface area (Å²) in [5.74, 6) is -0.311. The molecule has 0 atom stereocenters. The van der Waals surface area contributed by atoms with Gasteiger partial charge in [-0.15, -0.1) is 6.58 Å². The second-order valence-corrected chi connectivity index (χ2v) is 3.82. The van der Waals surface area contributed by atoms with Crippen molar-refractivity contribution in [2.24, 2.45) is 0 Å². The molecule has 0 fully saturated rings. The highest BCUT2D eigenvalue weighted by Gasteiger charge is 2.10. The van der Waals surface area contributed by atoms with E-state index in [1.54, 1.807) is 6.92 Å². The van der Waals surface area contributed by atoms with E-state index in [2.05, 4.69) is 17.6 Å². The van der Waals surface area contributed by atoms with Gasteiger partial charge in [0.15, 0.2) is 0 Å². The lowest BCUT2D eigenvalue weighted by Gasteiger charge is -1.96. The van der Waals surface area contributed by atoms with Crippen LogP contribution in [0.4, 0.5) is 0 Å². The molecular weight excluding hydrogens is 214 g/mol. The molecule has 17 heavy (non-hydrogen) atoms. The minimum Gasteiger partial charge on any atom is -0.461 e. The molecule has 3 nitrogen and oxygen atoms in total. The average Bonchev–Trinajstić information content (AvgIpc) is 2.73. The third-order valence-electron chi connectivity index (χ3n) is 2.56. The van der Waals surface area contributed by atoms with Gasteiger partial charge in [-0.1, -0.05) is 12.1 Å². The van der Waals surface area contributed by atoms with Crippen molar-refractivity contribution in [3.05, 3.63) is 48.2 Å². The van der Waals surface area contributed by atoms with Crippen LogP contribution in [0, 0.1) is 0 Å². The highest BCUT2D eigenvalue weighted by atomic mass is 16.5. The average molecular weight is 229 g/mol. The summed E-state index contributed by atoms with van der Waals surface area (Å²) in [7, 11) is 0. The van der Waals surface area contributed by atoms with E-state index in [-0.39, 0.29) is 5.97 Å². The number of benzene rings is 1. The molecule has 1 aromatic heterocycles. The molecule has 0 radical (unpaired) electrons. The number of nitrogens with one attached hydrogen (secondary N) is 1. The maximum atomic E-state index is 11.6. The lowest BCUT2D eigenvalue weighted by atomic mass is 10.1. The van der Waals surface area contributed by atoms with Crippen molar-refractivity contribution in [3.8, 4) is 0 Å². The highest BCUT2D eigenvalue weighted by molar-refractivity contribution is 5.94. The van der Waals surface area contributed by atoms with Gasteiger partial charge in [0.25, 0.3) is 0 Å². The van der Waals surface area contributed by atoms with Crippen molar-refractivity contribution >= 4 is 16.9 Å². The van der Waals surface area contributed by atoms with E-state index in [1.807, 2.05) is 24.3 Å².